The molecule has 0 aromatic heterocycles. The topological polar surface area (TPSA) is 27.7 Å². The molecule has 0 atom stereocenters. The lowest BCUT2D eigenvalue weighted by molar-refractivity contribution is -0.598. The van der Waals surface area contributed by atoms with Crippen LogP contribution in [0.25, 0.3) is 0 Å². The van der Waals surface area contributed by atoms with Gasteiger partial charge in [0.05, 0.1) is 35.5 Å². The van der Waals surface area contributed by atoms with Gasteiger partial charge in [0, 0.05) is 0 Å². The highest BCUT2D eigenvalue weighted by atomic mass is 127. The van der Waals surface area contributed by atoms with Crippen LogP contribution in [0.15, 0.2) is 84.9 Å². The number of hydrogen-bond acceptors (Lipinski definition) is 3. The summed E-state index contributed by atoms with van der Waals surface area (Å²) in [6.07, 6.45) is -39.5. The summed E-state index contributed by atoms with van der Waals surface area (Å²) in [5.74, 6) is -68.0. The lowest BCUT2D eigenvalue weighted by atomic mass is 9.11. The molecule has 33 heteroatoms. The maximum absolute atomic E-state index is 16.0. The van der Waals surface area contributed by atoms with Crippen molar-refractivity contribution in [3.8, 4) is 11.5 Å². The zero-order valence-electron chi connectivity index (χ0n) is 39.7. The van der Waals surface area contributed by atoms with E-state index in [1.165, 1.54) is 7.14 Å². The third-order valence-corrected chi connectivity index (χ3v) is 14.4. The maximum atomic E-state index is 16.0. The summed E-state index contributed by atoms with van der Waals surface area (Å²) in [6, 6.07) is 28.6. The predicted octanol–water partition coefficient (Wildman–Crippen LogP) is 10.7. The summed E-state index contributed by atoms with van der Waals surface area (Å²) in [6.45, 7) is 2.19. The van der Waals surface area contributed by atoms with Crippen LogP contribution >= 0.6 is 0 Å². The van der Waals surface area contributed by atoms with Crippen molar-refractivity contribution < 1.29 is 158 Å². The van der Waals surface area contributed by atoms with Gasteiger partial charge in [-0.1, -0.05) is 48.5 Å². The first kappa shape index (κ1) is 65.1. The zero-order valence-corrected chi connectivity index (χ0v) is 41.8. The second kappa shape index (κ2) is 24.6. The zero-order chi connectivity index (χ0) is 62.2. The van der Waals surface area contributed by atoms with Crippen molar-refractivity contribution in [1.29, 1.82) is 0 Å². The molecule has 0 aliphatic heterocycles. The van der Waals surface area contributed by atoms with E-state index in [-0.39, 0.29) is 21.2 Å². The Morgan fingerprint density at radius 1 is 0.301 bits per heavy atom. The Labute approximate surface area is 455 Å². The van der Waals surface area contributed by atoms with E-state index >= 15 is 35.1 Å². The van der Waals surface area contributed by atoms with Gasteiger partial charge in [0.15, 0.2) is 79.1 Å². The van der Waals surface area contributed by atoms with Gasteiger partial charge in [-0.25, -0.2) is 70.2 Å². The van der Waals surface area contributed by atoms with Crippen LogP contribution in [0.1, 0.15) is 22.3 Å². The molecule has 0 heterocycles. The normalized spacial score (nSPS) is 12.4. The molecule has 0 aliphatic rings. The average Bonchev–Trinajstić information content (AvgIpc) is 0.714. The summed E-state index contributed by atoms with van der Waals surface area (Å²) in [4.78, 5) is 0. The Morgan fingerprint density at radius 3 is 0.904 bits per heavy atom. The van der Waals surface area contributed by atoms with Gasteiger partial charge in [0.2, 0.25) is 3.57 Å². The molecule has 0 unspecified atom stereocenters. The van der Waals surface area contributed by atoms with Crippen molar-refractivity contribution in [3.05, 3.63) is 207 Å². The van der Waals surface area contributed by atoms with E-state index in [0.717, 1.165) is 11.5 Å². The highest BCUT2D eigenvalue weighted by Crippen LogP contribution is 2.44. The lowest BCUT2D eigenvalue weighted by Crippen LogP contribution is -3.61. The van der Waals surface area contributed by atoms with Gasteiger partial charge in [0.25, 0.3) is 0 Å². The fourth-order valence-electron chi connectivity index (χ4n) is 8.48. The van der Waals surface area contributed by atoms with Gasteiger partial charge >= 0.3 is 45.9 Å². The van der Waals surface area contributed by atoms with Gasteiger partial charge in [-0.3, -0.25) is 0 Å². The predicted molar refractivity (Wildman–Crippen MR) is 228 cm³/mol. The Bertz CT molecular complexity index is 3220. The van der Waals surface area contributed by atoms with Gasteiger partial charge < -0.3 is 14.2 Å². The van der Waals surface area contributed by atoms with Gasteiger partial charge in [0.1, 0.15) is 48.4 Å². The SMILES string of the molecule is Fc1c(F)c(F)c(C(F)(F)F)c([B-](c2c(F)c(F)c(F)c(F)c2C(F)(F)F)(c2c(F)c(F)c(F)c(F)c2C(F)(F)F)c2c(F)c(F)c(F)c(F)c2C(F)(F)F)c1F.c1ccc(OCCOCCOc2ccccc2[I+]c2ccccc2)cc1. The van der Waals surface area contributed by atoms with Gasteiger partial charge in [-0.15, -0.1) is 21.9 Å². The number of benzene rings is 7. The molecule has 83 heavy (non-hydrogen) atoms. The molecule has 0 aliphatic carbocycles. The third-order valence-electron chi connectivity index (χ3n) is 11.6. The number of ether oxygens (including phenoxy) is 3. The van der Waals surface area contributed by atoms with Crippen LogP contribution in [0.3, 0.4) is 0 Å². The van der Waals surface area contributed by atoms with E-state index in [1.54, 1.807) is 0 Å². The Kier molecular flexibility index (Phi) is 19.3. The number of para-hydroxylation sites is 2. The minimum absolute atomic E-state index is 0.237. The average molecular weight is 1340 g/mol. The summed E-state index contributed by atoms with van der Waals surface area (Å²) < 4.78 is 437. The fraction of sp³-hybridized carbons (Fsp3) is 0.160. The smallest absolute Gasteiger partial charge is 0.416 e. The Balaban J connectivity index is 0.000000352. The molecule has 0 saturated heterocycles. The maximum Gasteiger partial charge on any atom is 0.416 e. The Hall–Kier alpha value is -7.07. The molecule has 7 rings (SSSR count). The van der Waals surface area contributed by atoms with Crippen LogP contribution in [-0.2, 0) is 29.4 Å². The quantitative estimate of drug-likeness (QED) is 0.0271. The van der Waals surface area contributed by atoms with Crippen LogP contribution < -0.4 is 52.5 Å². The van der Waals surface area contributed by atoms with E-state index in [0.29, 0.717) is 26.4 Å². The molecule has 0 N–H and O–H groups in total. The minimum Gasteiger partial charge on any atom is -0.491 e. The lowest BCUT2D eigenvalue weighted by Gasteiger charge is -2.49. The first-order valence-corrected chi connectivity index (χ1v) is 24.2. The molecule has 0 saturated carbocycles. The molecule has 0 amide bonds. The molecule has 7 aromatic carbocycles. The molecule has 0 bridgehead atoms. The van der Waals surface area contributed by atoms with Crippen LogP contribution in [-0.4, -0.2) is 32.6 Å². The van der Waals surface area contributed by atoms with Crippen molar-refractivity contribution in [3.63, 3.8) is 0 Å². The van der Waals surface area contributed by atoms with Crippen LogP contribution in [0, 0.1) is 100 Å². The monoisotopic (exact) mass is 1340 g/mol. The number of rotatable bonds is 14. The standard InChI is InChI=1S/C28BF28.C22H22IO3/c30-9-1(25(46,47)48)5(13(34)21(42)17(9)38)29(6-2(26(49,50)51)10(31)18(39)22(43)14(6)35,7-3(27(52,53)54)11(32)19(40)23(44)15(7)36)8-4(28(55,56)57)12(33)20(41)24(45)16(8)37;1-3-9-19(10-4-1)23-21-13-7-8-14-22(21)26-18-16-24-15-17-25-20-11-5-2-6-12-20/h;1-14H,15-18H2/q-1;+1. The molecule has 3 nitrogen and oxygen atoms in total. The van der Waals surface area contributed by atoms with Crippen LogP contribution in [0.5, 0.6) is 11.5 Å². The first-order valence-electron chi connectivity index (χ1n) is 22.0. The molecule has 7 aromatic rings. The number of halogens is 29. The molecular formula is C50H22BF28IO3. The van der Waals surface area contributed by atoms with Crippen molar-refractivity contribution in [1.82, 2.24) is 0 Å². The van der Waals surface area contributed by atoms with Crippen LogP contribution in [0.2, 0.25) is 0 Å². The third kappa shape index (κ3) is 12.6. The number of alkyl halides is 12. The van der Waals surface area contributed by atoms with E-state index < -0.39 is 168 Å². The van der Waals surface area contributed by atoms with Gasteiger partial charge in [-0.05, 0) is 36.4 Å². The van der Waals surface area contributed by atoms with Crippen molar-refractivity contribution in [2.75, 3.05) is 26.4 Å². The molecular weight excluding hydrogens is 1320 g/mol. The molecule has 446 valence electrons. The largest absolute Gasteiger partial charge is 0.491 e. The van der Waals surface area contributed by atoms with E-state index in [2.05, 4.69) is 42.5 Å². The molecule has 0 spiro atoms. The van der Waals surface area contributed by atoms with E-state index in [9.17, 15) is 87.8 Å². The fourth-order valence-corrected chi connectivity index (χ4v) is 10.9. The second-order valence-electron chi connectivity index (χ2n) is 16.5. The highest BCUT2D eigenvalue weighted by Gasteiger charge is 2.60. The highest BCUT2D eigenvalue weighted by molar-refractivity contribution is 7.20. The number of hydrogen-bond donors (Lipinski definition) is 0. The first-order chi connectivity index (χ1) is 38.5. The van der Waals surface area contributed by atoms with Crippen molar-refractivity contribution in [2.45, 2.75) is 24.7 Å². The summed E-state index contributed by atoms with van der Waals surface area (Å²) >= 11 is -0.237. The van der Waals surface area contributed by atoms with E-state index in [1.807, 2.05) is 42.5 Å². The Morgan fingerprint density at radius 2 is 0.578 bits per heavy atom. The summed E-state index contributed by atoms with van der Waals surface area (Å²) in [5.41, 5.74) is -38.1. The van der Waals surface area contributed by atoms with Crippen molar-refractivity contribution in [2.24, 2.45) is 0 Å². The molecule has 0 fully saturated rings. The van der Waals surface area contributed by atoms with E-state index in [4.69, 9.17) is 14.2 Å². The second-order valence-corrected chi connectivity index (χ2v) is 19.4. The summed E-state index contributed by atoms with van der Waals surface area (Å²) in [7, 11) is 0. The van der Waals surface area contributed by atoms with Crippen molar-refractivity contribution >= 4 is 28.0 Å². The van der Waals surface area contributed by atoms with Crippen LogP contribution in [0.4, 0.5) is 123 Å². The minimum atomic E-state index is -8.89. The molecule has 0 radical (unpaired) electrons. The summed E-state index contributed by atoms with van der Waals surface area (Å²) in [5, 5.41) is 0. The van der Waals surface area contributed by atoms with Gasteiger partial charge in [-0.2, -0.15) is 52.7 Å².